The lowest BCUT2D eigenvalue weighted by Gasteiger charge is -2.21. The molecule has 1 rings (SSSR count). The Hall–Kier alpha value is -2.19. The van der Waals surface area contributed by atoms with Crippen molar-refractivity contribution in [1.82, 2.24) is 25.9 Å². The molecule has 0 aliphatic heterocycles. The molecule has 0 aliphatic rings. The lowest BCUT2D eigenvalue weighted by Crippen LogP contribution is -2.45. The van der Waals surface area contributed by atoms with Crippen LogP contribution in [0.3, 0.4) is 0 Å². The maximum atomic E-state index is 11.7. The van der Waals surface area contributed by atoms with Gasteiger partial charge < -0.3 is 16.3 Å². The molecule has 16 heavy (non-hydrogen) atoms. The second kappa shape index (κ2) is 4.55. The molecule has 0 bridgehead atoms. The van der Waals surface area contributed by atoms with E-state index in [0.29, 0.717) is 5.82 Å². The van der Waals surface area contributed by atoms with Crippen molar-refractivity contribution in [2.75, 3.05) is 0 Å². The molecule has 0 aliphatic carbocycles. The first-order valence-electron chi connectivity index (χ1n) is 4.47. The Balaban J connectivity index is 2.59. The predicted octanol–water partition coefficient (Wildman–Crippen LogP) is -1.41. The van der Waals surface area contributed by atoms with Gasteiger partial charge in [-0.2, -0.15) is 5.21 Å². The number of hydrogen-bond acceptors (Lipinski definition) is 6. The molecule has 0 radical (unpaired) electrons. The monoisotopic (exact) mass is 227 g/mol. The van der Waals surface area contributed by atoms with Crippen LogP contribution in [0.1, 0.15) is 19.7 Å². The fourth-order valence-corrected chi connectivity index (χ4v) is 0.879. The first kappa shape index (κ1) is 11.9. The molecule has 0 atom stereocenters. The third-order valence-corrected chi connectivity index (χ3v) is 2.11. The van der Waals surface area contributed by atoms with E-state index in [1.54, 1.807) is 0 Å². The summed E-state index contributed by atoms with van der Waals surface area (Å²) in [6.45, 7) is 3.19. The zero-order valence-electron chi connectivity index (χ0n) is 8.93. The number of nitrogens with zero attached hydrogens (tertiary/aromatic N) is 4. The molecular weight excluding hydrogens is 214 g/mol. The summed E-state index contributed by atoms with van der Waals surface area (Å²) in [6, 6.07) is 0. The van der Waals surface area contributed by atoms with E-state index in [2.05, 4.69) is 31.1 Å². The summed E-state index contributed by atoms with van der Waals surface area (Å²) in [4.78, 5) is 11.7. The van der Waals surface area contributed by atoms with Crippen molar-refractivity contribution in [2.24, 2.45) is 16.3 Å². The SMILES string of the molecule is CC(C)(C(=O)NCc1nn[nH]n1)C(N)=NO. The lowest BCUT2D eigenvalue weighted by molar-refractivity contribution is -0.126. The van der Waals surface area contributed by atoms with E-state index in [1.807, 2.05) is 0 Å². The van der Waals surface area contributed by atoms with Crippen molar-refractivity contribution in [3.05, 3.63) is 5.82 Å². The second-order valence-corrected chi connectivity index (χ2v) is 3.62. The van der Waals surface area contributed by atoms with Gasteiger partial charge in [0.1, 0.15) is 5.41 Å². The Morgan fingerprint density at radius 1 is 1.69 bits per heavy atom. The Morgan fingerprint density at radius 2 is 2.38 bits per heavy atom. The zero-order valence-corrected chi connectivity index (χ0v) is 8.93. The molecule has 1 aromatic heterocycles. The van der Waals surface area contributed by atoms with Crippen LogP contribution < -0.4 is 11.1 Å². The number of aromatic amines is 1. The minimum Gasteiger partial charge on any atom is -0.409 e. The average Bonchev–Trinajstić information content (AvgIpc) is 2.77. The Morgan fingerprint density at radius 3 is 2.88 bits per heavy atom. The van der Waals surface area contributed by atoms with Gasteiger partial charge in [0.05, 0.1) is 6.54 Å². The van der Waals surface area contributed by atoms with Crippen molar-refractivity contribution in [3.8, 4) is 0 Å². The number of oxime groups is 1. The molecule has 0 saturated heterocycles. The first-order valence-corrected chi connectivity index (χ1v) is 4.47. The number of aromatic nitrogens is 4. The van der Waals surface area contributed by atoms with Gasteiger partial charge in [-0.25, -0.2) is 0 Å². The van der Waals surface area contributed by atoms with Gasteiger partial charge >= 0.3 is 0 Å². The second-order valence-electron chi connectivity index (χ2n) is 3.62. The van der Waals surface area contributed by atoms with Crippen molar-refractivity contribution < 1.29 is 10.0 Å². The number of nitrogens with two attached hydrogens (primary N) is 1. The standard InChI is InChI=1S/C7H13N7O2/c1-7(2,5(8)12-16)6(15)9-3-4-10-13-14-11-4/h16H,3H2,1-2H3,(H2,8,12)(H,9,15)(H,10,11,13,14). The summed E-state index contributed by atoms with van der Waals surface area (Å²) in [7, 11) is 0. The summed E-state index contributed by atoms with van der Waals surface area (Å²) >= 11 is 0. The van der Waals surface area contributed by atoms with E-state index >= 15 is 0 Å². The Bertz CT molecular complexity index is 383. The number of amides is 1. The van der Waals surface area contributed by atoms with E-state index in [9.17, 15) is 4.79 Å². The Labute approximate surface area is 91.1 Å². The largest absolute Gasteiger partial charge is 0.409 e. The summed E-state index contributed by atoms with van der Waals surface area (Å²) < 4.78 is 0. The highest BCUT2D eigenvalue weighted by atomic mass is 16.4. The predicted molar refractivity (Wildman–Crippen MR) is 53.2 cm³/mol. The van der Waals surface area contributed by atoms with Crippen LogP contribution in [0.25, 0.3) is 0 Å². The van der Waals surface area contributed by atoms with Gasteiger partial charge in [0, 0.05) is 0 Å². The summed E-state index contributed by atoms with van der Waals surface area (Å²) in [5.41, 5.74) is 4.29. The third-order valence-electron chi connectivity index (χ3n) is 2.11. The highest BCUT2D eigenvalue weighted by Crippen LogP contribution is 2.15. The molecule has 0 fully saturated rings. The molecule has 5 N–H and O–H groups in total. The van der Waals surface area contributed by atoms with Crippen molar-refractivity contribution >= 4 is 11.7 Å². The van der Waals surface area contributed by atoms with Crippen LogP contribution in [-0.2, 0) is 11.3 Å². The van der Waals surface area contributed by atoms with Gasteiger partial charge in [-0.15, -0.1) is 10.2 Å². The van der Waals surface area contributed by atoms with E-state index in [-0.39, 0.29) is 12.4 Å². The maximum Gasteiger partial charge on any atom is 0.233 e. The first-order chi connectivity index (χ1) is 7.48. The molecule has 88 valence electrons. The molecular formula is C7H13N7O2. The van der Waals surface area contributed by atoms with Crippen molar-refractivity contribution in [1.29, 1.82) is 0 Å². The van der Waals surface area contributed by atoms with Crippen LogP contribution in [0.5, 0.6) is 0 Å². The highest BCUT2D eigenvalue weighted by molar-refractivity contribution is 6.05. The lowest BCUT2D eigenvalue weighted by atomic mass is 9.91. The number of amidine groups is 1. The molecule has 1 aromatic rings. The summed E-state index contributed by atoms with van der Waals surface area (Å²) in [6.07, 6.45) is 0. The van der Waals surface area contributed by atoms with Gasteiger partial charge in [-0.1, -0.05) is 10.4 Å². The minimum absolute atomic E-state index is 0.122. The van der Waals surface area contributed by atoms with Crippen LogP contribution >= 0.6 is 0 Å². The van der Waals surface area contributed by atoms with Crippen LogP contribution in [-0.4, -0.2) is 37.6 Å². The van der Waals surface area contributed by atoms with Crippen molar-refractivity contribution in [3.63, 3.8) is 0 Å². The topological polar surface area (TPSA) is 142 Å². The van der Waals surface area contributed by atoms with Gasteiger partial charge in [-0.05, 0) is 13.8 Å². The highest BCUT2D eigenvalue weighted by Gasteiger charge is 2.32. The molecule has 0 saturated carbocycles. The summed E-state index contributed by atoms with van der Waals surface area (Å²) in [5.74, 6) is -0.214. The van der Waals surface area contributed by atoms with Gasteiger partial charge in [-0.3, -0.25) is 4.79 Å². The smallest absolute Gasteiger partial charge is 0.233 e. The maximum absolute atomic E-state index is 11.7. The number of hydrogen-bond donors (Lipinski definition) is 4. The fourth-order valence-electron chi connectivity index (χ4n) is 0.879. The van der Waals surface area contributed by atoms with Crippen LogP contribution in [0.4, 0.5) is 0 Å². The molecule has 0 unspecified atom stereocenters. The normalized spacial score (nSPS) is 12.5. The molecule has 1 heterocycles. The van der Waals surface area contributed by atoms with Crippen LogP contribution in [0.2, 0.25) is 0 Å². The van der Waals surface area contributed by atoms with E-state index in [0.717, 1.165) is 0 Å². The van der Waals surface area contributed by atoms with Crippen LogP contribution in [0, 0.1) is 5.41 Å². The number of H-pyrrole nitrogens is 1. The number of nitrogens with one attached hydrogen (secondary N) is 2. The number of rotatable bonds is 4. The average molecular weight is 227 g/mol. The van der Waals surface area contributed by atoms with Crippen molar-refractivity contribution in [2.45, 2.75) is 20.4 Å². The molecule has 0 spiro atoms. The zero-order chi connectivity index (χ0) is 12.2. The summed E-state index contributed by atoms with van der Waals surface area (Å²) in [5, 5.41) is 26.8. The number of carbonyl (C=O) groups excluding carboxylic acids is 1. The number of carbonyl (C=O) groups is 1. The molecule has 0 aromatic carbocycles. The van der Waals surface area contributed by atoms with Gasteiger partial charge in [0.2, 0.25) is 5.91 Å². The van der Waals surface area contributed by atoms with E-state index in [4.69, 9.17) is 10.9 Å². The van der Waals surface area contributed by atoms with E-state index < -0.39 is 11.3 Å². The fraction of sp³-hybridized carbons (Fsp3) is 0.571. The molecule has 1 amide bonds. The Kier molecular flexibility index (Phi) is 3.38. The number of tetrazole rings is 1. The molecule has 9 nitrogen and oxygen atoms in total. The van der Waals surface area contributed by atoms with Gasteiger partial charge in [0.25, 0.3) is 0 Å². The minimum atomic E-state index is -1.10. The quantitative estimate of drug-likeness (QED) is 0.215. The van der Waals surface area contributed by atoms with Crippen LogP contribution in [0.15, 0.2) is 5.16 Å². The van der Waals surface area contributed by atoms with E-state index in [1.165, 1.54) is 13.8 Å². The third kappa shape index (κ3) is 2.43. The molecule has 9 heteroatoms. The van der Waals surface area contributed by atoms with Gasteiger partial charge in [0.15, 0.2) is 11.7 Å².